The third kappa shape index (κ3) is 7.46. The van der Waals surface area contributed by atoms with E-state index in [1.807, 2.05) is 12.1 Å². The summed E-state index contributed by atoms with van der Waals surface area (Å²) in [6.45, 7) is 0.335. The second-order valence-electron chi connectivity index (χ2n) is 8.99. The average Bonchev–Trinajstić information content (AvgIpc) is 3.45. The number of carboxylic acid groups (broad SMARTS) is 1. The molecule has 0 saturated carbocycles. The maximum absolute atomic E-state index is 14.0. The van der Waals surface area contributed by atoms with Crippen molar-refractivity contribution in [1.29, 1.82) is 5.41 Å². The summed E-state index contributed by atoms with van der Waals surface area (Å²) in [7, 11) is 1.69. The number of hydrogen-bond donors (Lipinski definition) is 5. The summed E-state index contributed by atoms with van der Waals surface area (Å²) >= 11 is 6.04. The number of hydrogen-bond acceptors (Lipinski definition) is 7. The Morgan fingerprint density at radius 1 is 1.12 bits per heavy atom. The number of benzene rings is 3. The quantitative estimate of drug-likeness (QED) is 0.188. The summed E-state index contributed by atoms with van der Waals surface area (Å²) in [6.07, 6.45) is 2.11. The third-order valence-electron chi connectivity index (χ3n) is 6.42. The molecule has 1 heterocycles. The van der Waals surface area contributed by atoms with E-state index in [2.05, 4.69) is 10.6 Å². The van der Waals surface area contributed by atoms with Crippen LogP contribution in [0.3, 0.4) is 0 Å². The number of carbonyl (C=O) groups is 4. The van der Waals surface area contributed by atoms with Gasteiger partial charge in [-0.15, -0.1) is 0 Å². The average molecular weight is 582 g/mol. The lowest BCUT2D eigenvalue weighted by Crippen LogP contribution is -2.40. The Labute approximate surface area is 240 Å². The van der Waals surface area contributed by atoms with Crippen molar-refractivity contribution in [1.82, 2.24) is 4.90 Å². The summed E-state index contributed by atoms with van der Waals surface area (Å²) in [5, 5.41) is 22.9. The van der Waals surface area contributed by atoms with E-state index in [9.17, 15) is 23.6 Å². The van der Waals surface area contributed by atoms with Crippen LogP contribution < -0.4 is 16.4 Å². The summed E-state index contributed by atoms with van der Waals surface area (Å²) < 4.78 is 14.0. The zero-order valence-corrected chi connectivity index (χ0v) is 22.9. The molecule has 1 fully saturated rings. The van der Waals surface area contributed by atoms with Gasteiger partial charge >= 0.3 is 5.97 Å². The van der Waals surface area contributed by atoms with E-state index in [-0.39, 0.29) is 35.1 Å². The monoisotopic (exact) mass is 581 g/mol. The number of primary amides is 1. The van der Waals surface area contributed by atoms with Gasteiger partial charge in [-0.1, -0.05) is 41.9 Å². The van der Waals surface area contributed by atoms with Crippen LogP contribution in [0.25, 0.3) is 11.1 Å². The highest BCUT2D eigenvalue weighted by Gasteiger charge is 2.28. The Kier molecular flexibility index (Phi) is 10.5. The smallest absolute Gasteiger partial charge is 0.335 e. The highest BCUT2D eigenvalue weighted by molar-refractivity contribution is 6.44. The predicted octanol–water partition coefficient (Wildman–Crippen LogP) is 4.03. The van der Waals surface area contributed by atoms with Crippen LogP contribution in [0.4, 0.5) is 15.8 Å². The number of likely N-dealkylation sites (tertiary alicyclic amines) is 1. The number of nitrogens with zero attached hydrogens (tertiary/aromatic N) is 1. The number of aldehydes is 1. The Hall–Kier alpha value is -4.77. The van der Waals surface area contributed by atoms with Crippen LogP contribution in [0.15, 0.2) is 60.7 Å². The molecule has 0 radical (unpaired) electrons. The molecule has 214 valence electrons. The summed E-state index contributed by atoms with van der Waals surface area (Å²) in [6, 6.07) is 15.8. The molecule has 0 bridgehead atoms. The van der Waals surface area contributed by atoms with Gasteiger partial charge in [-0.05, 0) is 43.2 Å². The lowest BCUT2D eigenvalue weighted by Gasteiger charge is -2.21. The van der Waals surface area contributed by atoms with Crippen molar-refractivity contribution in [3.8, 4) is 11.1 Å². The lowest BCUT2D eigenvalue weighted by molar-refractivity contribution is -0.132. The third-order valence-corrected chi connectivity index (χ3v) is 6.75. The summed E-state index contributed by atoms with van der Waals surface area (Å²) in [4.78, 5) is 47.0. The van der Waals surface area contributed by atoms with E-state index in [0.29, 0.717) is 34.8 Å². The van der Waals surface area contributed by atoms with Crippen molar-refractivity contribution in [3.05, 3.63) is 82.6 Å². The van der Waals surface area contributed by atoms with Gasteiger partial charge in [-0.2, -0.15) is 0 Å². The van der Waals surface area contributed by atoms with Crippen LogP contribution in [0.5, 0.6) is 0 Å². The first-order chi connectivity index (χ1) is 19.6. The molecule has 10 nitrogen and oxygen atoms in total. The van der Waals surface area contributed by atoms with E-state index < -0.39 is 23.6 Å². The molecule has 41 heavy (non-hydrogen) atoms. The number of nitrogens with two attached hydrogens (primary N) is 1. The standard InChI is InChI=1S/C16H18N4O5.C13H11ClFN/c17-14(15(18)23)11-6-9(16(24)25)3-4-12(11)19-7-13(22)20-5-1-2-10(20)8-21;1-16-12-8-4-6-10(13(12)15)9-5-2-3-7-11(9)14/h3-4,6,8,10,17,19H,1-2,5,7H2,(H2,18,23)(H,24,25);2-8,16H,1H3. The first-order valence-electron chi connectivity index (χ1n) is 12.5. The molecular formula is C29H29ClFN5O5. The molecule has 3 aromatic carbocycles. The summed E-state index contributed by atoms with van der Waals surface area (Å²) in [5.74, 6) is -2.81. The number of amides is 2. The molecule has 0 aromatic heterocycles. The first-order valence-corrected chi connectivity index (χ1v) is 12.9. The Morgan fingerprint density at radius 3 is 2.46 bits per heavy atom. The first kappa shape index (κ1) is 30.8. The maximum Gasteiger partial charge on any atom is 0.335 e. The number of carbonyl (C=O) groups excluding carboxylic acids is 3. The molecule has 1 unspecified atom stereocenters. The maximum atomic E-state index is 14.0. The molecule has 1 aliphatic rings. The van der Waals surface area contributed by atoms with Crippen LogP contribution >= 0.6 is 11.6 Å². The van der Waals surface area contributed by atoms with E-state index in [1.54, 1.807) is 37.4 Å². The second-order valence-corrected chi connectivity index (χ2v) is 9.40. The number of halogens is 2. The fourth-order valence-corrected chi connectivity index (χ4v) is 4.54. The fraction of sp³-hybridized carbons (Fsp3) is 0.207. The summed E-state index contributed by atoms with van der Waals surface area (Å²) in [5.41, 5.74) is 6.35. The highest BCUT2D eigenvalue weighted by Crippen LogP contribution is 2.32. The highest BCUT2D eigenvalue weighted by atomic mass is 35.5. The molecule has 1 aliphatic heterocycles. The normalized spacial score (nSPS) is 13.9. The fourth-order valence-electron chi connectivity index (χ4n) is 4.30. The number of aromatic carboxylic acids is 1. The largest absolute Gasteiger partial charge is 0.478 e. The van der Waals surface area contributed by atoms with Gasteiger partial charge in [-0.3, -0.25) is 15.0 Å². The van der Waals surface area contributed by atoms with Gasteiger partial charge in [0.25, 0.3) is 5.91 Å². The van der Waals surface area contributed by atoms with Crippen LogP contribution in [0, 0.1) is 11.2 Å². The lowest BCUT2D eigenvalue weighted by atomic mass is 10.0. The van der Waals surface area contributed by atoms with Gasteiger partial charge in [0, 0.05) is 41.0 Å². The van der Waals surface area contributed by atoms with Crippen molar-refractivity contribution in [2.75, 3.05) is 30.8 Å². The van der Waals surface area contributed by atoms with E-state index in [1.165, 1.54) is 17.0 Å². The molecule has 12 heteroatoms. The van der Waals surface area contributed by atoms with Gasteiger partial charge < -0.3 is 31.2 Å². The van der Waals surface area contributed by atoms with Gasteiger partial charge in [-0.25, -0.2) is 9.18 Å². The Morgan fingerprint density at radius 2 is 1.83 bits per heavy atom. The van der Waals surface area contributed by atoms with Gasteiger partial charge in [0.1, 0.15) is 12.0 Å². The predicted molar refractivity (Wildman–Crippen MR) is 155 cm³/mol. The Bertz CT molecular complexity index is 1480. The minimum atomic E-state index is -1.22. The Balaban J connectivity index is 0.000000248. The SMILES string of the molecule is CNc1cccc(-c2ccccc2Cl)c1F.N=C(C(N)=O)c1cc(C(=O)O)ccc1NCC(=O)N1CCCC1C=O. The van der Waals surface area contributed by atoms with Gasteiger partial charge in [0.15, 0.2) is 5.82 Å². The molecule has 6 N–H and O–H groups in total. The molecule has 1 atom stereocenters. The van der Waals surface area contributed by atoms with Gasteiger partial charge in [0.05, 0.1) is 23.8 Å². The molecule has 3 aromatic rings. The minimum Gasteiger partial charge on any atom is -0.478 e. The zero-order chi connectivity index (χ0) is 30.1. The van der Waals surface area contributed by atoms with E-state index in [0.717, 1.165) is 18.8 Å². The molecule has 1 saturated heterocycles. The van der Waals surface area contributed by atoms with Crippen molar-refractivity contribution in [3.63, 3.8) is 0 Å². The second kappa shape index (κ2) is 14.0. The molecule has 4 rings (SSSR count). The zero-order valence-electron chi connectivity index (χ0n) is 22.1. The number of nitrogens with one attached hydrogen (secondary N) is 3. The van der Waals surface area contributed by atoms with Crippen molar-refractivity contribution in [2.45, 2.75) is 18.9 Å². The molecule has 0 spiro atoms. The molecular weight excluding hydrogens is 553 g/mol. The number of rotatable bonds is 9. The van der Waals surface area contributed by atoms with E-state index in [4.69, 9.17) is 27.9 Å². The minimum absolute atomic E-state index is 0.00596. The van der Waals surface area contributed by atoms with Crippen LogP contribution in [0.2, 0.25) is 5.02 Å². The van der Waals surface area contributed by atoms with Crippen LogP contribution in [-0.2, 0) is 14.4 Å². The van der Waals surface area contributed by atoms with E-state index >= 15 is 0 Å². The van der Waals surface area contributed by atoms with Crippen LogP contribution in [0.1, 0.15) is 28.8 Å². The number of anilines is 2. The van der Waals surface area contributed by atoms with Crippen LogP contribution in [-0.4, -0.2) is 66.0 Å². The number of carboxylic acids is 1. The van der Waals surface area contributed by atoms with Crippen molar-refractivity contribution < 1.29 is 28.7 Å². The molecule has 2 amide bonds. The molecule has 0 aliphatic carbocycles. The van der Waals surface area contributed by atoms with Gasteiger partial charge in [0.2, 0.25) is 5.91 Å². The van der Waals surface area contributed by atoms with Crippen molar-refractivity contribution in [2.24, 2.45) is 5.73 Å². The van der Waals surface area contributed by atoms with Crippen molar-refractivity contribution >= 4 is 52.8 Å². The topological polar surface area (TPSA) is 166 Å².